The Labute approximate surface area is 137 Å². The van der Waals surface area contributed by atoms with Crippen LogP contribution in [-0.2, 0) is 11.3 Å². The number of halogens is 2. The van der Waals surface area contributed by atoms with E-state index in [1.807, 2.05) is 11.8 Å². The highest BCUT2D eigenvalue weighted by Crippen LogP contribution is 2.39. The number of carboxylic acid groups (broad SMARTS) is 1. The van der Waals surface area contributed by atoms with Gasteiger partial charge in [0.05, 0.1) is 5.92 Å². The smallest absolute Gasteiger partial charge is 0.387 e. The molecule has 2 aliphatic rings. The van der Waals surface area contributed by atoms with Crippen LogP contribution in [0.1, 0.15) is 25.3 Å². The van der Waals surface area contributed by atoms with Crippen LogP contribution in [0, 0.1) is 5.92 Å². The van der Waals surface area contributed by atoms with Gasteiger partial charge in [-0.05, 0) is 25.8 Å². The molecule has 132 valence electrons. The van der Waals surface area contributed by atoms with E-state index in [-0.39, 0.29) is 18.6 Å². The van der Waals surface area contributed by atoms with Gasteiger partial charge in [0, 0.05) is 30.8 Å². The van der Waals surface area contributed by atoms with Crippen molar-refractivity contribution in [3.8, 4) is 17.2 Å². The molecule has 1 N–H and O–H groups in total. The lowest BCUT2D eigenvalue weighted by molar-refractivity contribution is -0.144. The highest BCUT2D eigenvalue weighted by atomic mass is 19.3. The van der Waals surface area contributed by atoms with Gasteiger partial charge in [-0.15, -0.1) is 0 Å². The normalized spacial score (nSPS) is 23.5. The van der Waals surface area contributed by atoms with Gasteiger partial charge in [-0.1, -0.05) is 0 Å². The number of ether oxygens (including phenoxy) is 3. The molecule has 0 bridgehead atoms. The Balaban J connectivity index is 1.83. The van der Waals surface area contributed by atoms with Gasteiger partial charge in [0.2, 0.25) is 6.79 Å². The van der Waals surface area contributed by atoms with Crippen molar-refractivity contribution in [1.29, 1.82) is 0 Å². The largest absolute Gasteiger partial charge is 0.481 e. The van der Waals surface area contributed by atoms with Crippen LogP contribution in [0.3, 0.4) is 0 Å². The number of hydrogen-bond acceptors (Lipinski definition) is 5. The van der Waals surface area contributed by atoms with E-state index in [9.17, 15) is 18.7 Å². The Morgan fingerprint density at radius 3 is 2.75 bits per heavy atom. The zero-order chi connectivity index (χ0) is 17.3. The Kier molecular flexibility index (Phi) is 4.75. The van der Waals surface area contributed by atoms with Crippen molar-refractivity contribution in [2.75, 3.05) is 13.3 Å². The molecule has 0 aliphatic carbocycles. The summed E-state index contributed by atoms with van der Waals surface area (Å²) in [5.41, 5.74) is 0.525. The van der Waals surface area contributed by atoms with Gasteiger partial charge in [-0.3, -0.25) is 9.69 Å². The van der Waals surface area contributed by atoms with E-state index >= 15 is 0 Å². The number of fused-ring (bicyclic) bond motifs is 1. The Morgan fingerprint density at radius 1 is 1.38 bits per heavy atom. The first-order chi connectivity index (χ1) is 11.4. The van der Waals surface area contributed by atoms with Gasteiger partial charge >= 0.3 is 12.6 Å². The molecule has 0 spiro atoms. The van der Waals surface area contributed by atoms with E-state index in [4.69, 9.17) is 9.47 Å². The average Bonchev–Trinajstić information content (AvgIpc) is 2.96. The van der Waals surface area contributed by atoms with Crippen molar-refractivity contribution in [2.24, 2.45) is 5.92 Å². The second kappa shape index (κ2) is 6.80. The maximum Gasteiger partial charge on any atom is 0.387 e. The van der Waals surface area contributed by atoms with Gasteiger partial charge in [0.25, 0.3) is 0 Å². The maximum atomic E-state index is 12.7. The Morgan fingerprint density at radius 2 is 2.08 bits per heavy atom. The second-order valence-electron chi connectivity index (χ2n) is 6.08. The first-order valence-corrected chi connectivity index (χ1v) is 7.78. The number of rotatable bonds is 5. The summed E-state index contributed by atoms with van der Waals surface area (Å²) in [6.07, 6.45) is 1.36. The average molecular weight is 343 g/mol. The first-order valence-electron chi connectivity index (χ1n) is 7.78. The number of likely N-dealkylation sites (tertiary alicyclic amines) is 1. The predicted octanol–water partition coefficient (Wildman–Crippen LogP) is 2.70. The van der Waals surface area contributed by atoms with E-state index < -0.39 is 18.5 Å². The molecule has 1 aromatic carbocycles. The summed E-state index contributed by atoms with van der Waals surface area (Å²) in [5.74, 6) is -0.411. The second-order valence-corrected chi connectivity index (χ2v) is 6.08. The third-order valence-corrected chi connectivity index (χ3v) is 4.51. The lowest BCUT2D eigenvalue weighted by Gasteiger charge is -2.36. The van der Waals surface area contributed by atoms with E-state index in [2.05, 4.69) is 4.74 Å². The third-order valence-electron chi connectivity index (χ3n) is 4.51. The maximum absolute atomic E-state index is 12.7. The van der Waals surface area contributed by atoms with E-state index in [1.165, 1.54) is 6.07 Å². The molecule has 0 radical (unpaired) electrons. The SMILES string of the molecule is CC1CCC(C(=O)O)CN1Cc1cc2c(cc1OC(F)F)OCO2. The molecule has 0 saturated carbocycles. The van der Waals surface area contributed by atoms with Crippen molar-refractivity contribution in [3.63, 3.8) is 0 Å². The van der Waals surface area contributed by atoms with Gasteiger partial charge in [-0.25, -0.2) is 0 Å². The summed E-state index contributed by atoms with van der Waals surface area (Å²) in [5, 5.41) is 9.22. The molecule has 0 aromatic heterocycles. The minimum atomic E-state index is -2.95. The van der Waals surface area contributed by atoms with E-state index in [0.29, 0.717) is 36.6 Å². The molecule has 3 rings (SSSR count). The molecule has 8 heteroatoms. The van der Waals surface area contributed by atoms with Crippen LogP contribution in [0.15, 0.2) is 12.1 Å². The lowest BCUT2D eigenvalue weighted by atomic mass is 9.93. The van der Waals surface area contributed by atoms with Crippen molar-refractivity contribution >= 4 is 5.97 Å². The molecule has 24 heavy (non-hydrogen) atoms. The zero-order valence-corrected chi connectivity index (χ0v) is 13.2. The molecule has 2 heterocycles. The van der Waals surface area contributed by atoms with Crippen LogP contribution in [0.2, 0.25) is 0 Å². The highest BCUT2D eigenvalue weighted by Gasteiger charge is 2.31. The van der Waals surface area contributed by atoms with E-state index in [1.54, 1.807) is 6.07 Å². The molecule has 2 atom stereocenters. The lowest BCUT2D eigenvalue weighted by Crippen LogP contribution is -2.43. The number of aliphatic carboxylic acids is 1. The number of nitrogens with zero attached hydrogens (tertiary/aromatic N) is 1. The van der Waals surface area contributed by atoms with Crippen molar-refractivity contribution in [2.45, 2.75) is 39.0 Å². The van der Waals surface area contributed by atoms with Crippen LogP contribution >= 0.6 is 0 Å². The van der Waals surface area contributed by atoms with Crippen LogP contribution in [-0.4, -0.2) is 42.0 Å². The zero-order valence-electron chi connectivity index (χ0n) is 13.2. The standard InChI is InChI=1S/C16H19F2NO5/c1-9-2-3-10(15(20)21)6-19(9)7-11-4-13-14(23-8-22-13)5-12(11)24-16(17)18/h4-5,9-10,16H,2-3,6-8H2,1H3,(H,20,21). The molecular weight excluding hydrogens is 324 g/mol. The van der Waals surface area contributed by atoms with Crippen molar-refractivity contribution in [3.05, 3.63) is 17.7 Å². The topological polar surface area (TPSA) is 68.2 Å². The van der Waals surface area contributed by atoms with Crippen LogP contribution in [0.25, 0.3) is 0 Å². The number of benzene rings is 1. The Bertz CT molecular complexity index is 625. The number of hydrogen-bond donors (Lipinski definition) is 1. The number of carboxylic acids is 1. The molecule has 6 nitrogen and oxygen atoms in total. The third kappa shape index (κ3) is 3.53. The highest BCUT2D eigenvalue weighted by molar-refractivity contribution is 5.70. The number of piperidine rings is 1. The van der Waals surface area contributed by atoms with E-state index in [0.717, 1.165) is 6.42 Å². The monoisotopic (exact) mass is 343 g/mol. The molecular formula is C16H19F2NO5. The molecule has 2 unspecified atom stereocenters. The quantitative estimate of drug-likeness (QED) is 0.887. The Hall–Kier alpha value is -2.09. The summed E-state index contributed by atoms with van der Waals surface area (Å²) < 4.78 is 40.5. The molecule has 2 aliphatic heterocycles. The van der Waals surface area contributed by atoms with Gasteiger partial charge in [0.1, 0.15) is 5.75 Å². The first kappa shape index (κ1) is 16.8. The molecule has 1 fully saturated rings. The van der Waals surface area contributed by atoms with Gasteiger partial charge in [0.15, 0.2) is 11.5 Å². The fraction of sp³-hybridized carbons (Fsp3) is 0.562. The summed E-state index contributed by atoms with van der Waals surface area (Å²) >= 11 is 0. The summed E-state index contributed by atoms with van der Waals surface area (Å²) in [7, 11) is 0. The van der Waals surface area contributed by atoms with Crippen LogP contribution < -0.4 is 14.2 Å². The number of carbonyl (C=O) groups is 1. The van der Waals surface area contributed by atoms with Gasteiger partial charge in [-0.2, -0.15) is 8.78 Å². The molecule has 1 aromatic rings. The minimum Gasteiger partial charge on any atom is -0.481 e. The predicted molar refractivity (Wildman–Crippen MR) is 79.4 cm³/mol. The summed E-state index contributed by atoms with van der Waals surface area (Å²) in [6.45, 7) is -0.232. The number of alkyl halides is 2. The fourth-order valence-corrected chi connectivity index (χ4v) is 3.11. The molecule has 0 amide bonds. The fourth-order valence-electron chi connectivity index (χ4n) is 3.11. The van der Waals surface area contributed by atoms with Crippen molar-refractivity contribution in [1.82, 2.24) is 4.90 Å². The molecule has 1 saturated heterocycles. The van der Waals surface area contributed by atoms with Crippen LogP contribution in [0.4, 0.5) is 8.78 Å². The summed E-state index contributed by atoms with van der Waals surface area (Å²) in [4.78, 5) is 13.2. The van der Waals surface area contributed by atoms with Crippen molar-refractivity contribution < 1.29 is 32.9 Å². The van der Waals surface area contributed by atoms with Gasteiger partial charge < -0.3 is 19.3 Å². The minimum absolute atomic E-state index is 0.0268. The van der Waals surface area contributed by atoms with Crippen LogP contribution in [0.5, 0.6) is 17.2 Å². The summed E-state index contributed by atoms with van der Waals surface area (Å²) in [6, 6.07) is 3.18.